The molecule has 0 radical (unpaired) electrons. The largest absolute Gasteiger partial charge is 0.337 e. The molecule has 0 fully saturated rings. The fourth-order valence-corrected chi connectivity index (χ4v) is 2.61. The van der Waals surface area contributed by atoms with Crippen molar-refractivity contribution in [2.45, 2.75) is 6.54 Å². The Morgan fingerprint density at radius 3 is 2.46 bits per heavy atom. The van der Waals surface area contributed by atoms with Gasteiger partial charge in [0.1, 0.15) is 6.54 Å². The molecule has 7 heteroatoms. The number of halogens is 1. The summed E-state index contributed by atoms with van der Waals surface area (Å²) in [6.07, 6.45) is 0. The average Bonchev–Trinajstić information content (AvgIpc) is 3.14. The number of hydrogen-bond acceptors (Lipinski definition) is 5. The molecule has 0 saturated carbocycles. The van der Waals surface area contributed by atoms with Crippen molar-refractivity contribution in [3.8, 4) is 22.6 Å². The van der Waals surface area contributed by atoms with E-state index in [9.17, 15) is 4.79 Å². The highest BCUT2D eigenvalue weighted by Gasteiger charge is 2.11. The van der Waals surface area contributed by atoms with Gasteiger partial charge >= 0.3 is 0 Å². The van der Waals surface area contributed by atoms with Crippen molar-refractivity contribution in [1.29, 1.82) is 0 Å². The van der Waals surface area contributed by atoms with E-state index in [0.717, 1.165) is 11.1 Å². The molecule has 26 heavy (non-hydrogen) atoms. The predicted octanol–water partition coefficient (Wildman–Crippen LogP) is 3.66. The van der Waals surface area contributed by atoms with E-state index >= 15 is 0 Å². The van der Waals surface area contributed by atoms with Gasteiger partial charge in [0.2, 0.25) is 11.7 Å². The van der Waals surface area contributed by atoms with Crippen LogP contribution in [0.1, 0.15) is 5.89 Å². The zero-order valence-electron chi connectivity index (χ0n) is 13.5. The van der Waals surface area contributed by atoms with Gasteiger partial charge in [-0.1, -0.05) is 59.2 Å². The van der Waals surface area contributed by atoms with E-state index in [1.54, 1.807) is 18.2 Å². The Bertz CT molecular complexity index is 1090. The fraction of sp³-hybridized carbons (Fsp3) is 0.0526. The van der Waals surface area contributed by atoms with Crippen LogP contribution in [0, 0.1) is 0 Å². The molecule has 0 atom stereocenters. The van der Waals surface area contributed by atoms with Crippen molar-refractivity contribution in [3.63, 3.8) is 0 Å². The smallest absolute Gasteiger partial charge is 0.267 e. The molecule has 0 aliphatic carbocycles. The average molecular weight is 365 g/mol. The summed E-state index contributed by atoms with van der Waals surface area (Å²) >= 11 is 5.91. The number of hydrogen-bond donors (Lipinski definition) is 0. The van der Waals surface area contributed by atoms with Crippen molar-refractivity contribution in [2.24, 2.45) is 0 Å². The topological polar surface area (TPSA) is 73.8 Å². The Balaban J connectivity index is 1.62. The lowest BCUT2D eigenvalue weighted by Crippen LogP contribution is -2.23. The molecule has 0 saturated heterocycles. The van der Waals surface area contributed by atoms with Gasteiger partial charge in [0.05, 0.1) is 5.69 Å². The van der Waals surface area contributed by atoms with E-state index in [2.05, 4.69) is 15.2 Å². The van der Waals surface area contributed by atoms with Gasteiger partial charge in [-0.15, -0.1) is 0 Å². The van der Waals surface area contributed by atoms with Crippen molar-refractivity contribution in [3.05, 3.63) is 88.0 Å². The molecule has 128 valence electrons. The van der Waals surface area contributed by atoms with Gasteiger partial charge in [-0.2, -0.15) is 10.1 Å². The highest BCUT2D eigenvalue weighted by molar-refractivity contribution is 6.30. The highest BCUT2D eigenvalue weighted by atomic mass is 35.5. The fourth-order valence-electron chi connectivity index (χ4n) is 2.49. The molecule has 2 heterocycles. The van der Waals surface area contributed by atoms with Crippen LogP contribution in [0.25, 0.3) is 22.6 Å². The standard InChI is InChI=1S/C19H13ClN4O2/c20-15-8-6-13(7-9-15)16-10-11-18(25)24(22-16)12-17-21-19(23-26-17)14-4-2-1-3-5-14/h1-11H,12H2. The number of nitrogens with zero attached hydrogens (tertiary/aromatic N) is 4. The first-order chi connectivity index (χ1) is 12.7. The van der Waals surface area contributed by atoms with Gasteiger partial charge in [0.15, 0.2) is 0 Å². The van der Waals surface area contributed by atoms with Gasteiger partial charge in [-0.25, -0.2) is 4.68 Å². The van der Waals surface area contributed by atoms with Crippen molar-refractivity contribution in [1.82, 2.24) is 19.9 Å². The quantitative estimate of drug-likeness (QED) is 0.552. The lowest BCUT2D eigenvalue weighted by molar-refractivity contribution is 0.363. The minimum Gasteiger partial charge on any atom is -0.337 e. The molecule has 4 rings (SSSR count). The van der Waals surface area contributed by atoms with Crippen LogP contribution in [0.3, 0.4) is 0 Å². The summed E-state index contributed by atoms with van der Waals surface area (Å²) in [6, 6.07) is 19.9. The third kappa shape index (κ3) is 3.41. The molecule has 0 spiro atoms. The van der Waals surface area contributed by atoms with E-state index in [4.69, 9.17) is 16.1 Å². The summed E-state index contributed by atoms with van der Waals surface area (Å²) in [7, 11) is 0. The molecule has 0 bridgehead atoms. The number of rotatable bonds is 4. The van der Waals surface area contributed by atoms with E-state index in [-0.39, 0.29) is 12.1 Å². The van der Waals surface area contributed by atoms with Crippen molar-refractivity contribution < 1.29 is 4.52 Å². The second-order valence-electron chi connectivity index (χ2n) is 5.60. The normalized spacial score (nSPS) is 10.8. The first-order valence-electron chi connectivity index (χ1n) is 7.91. The molecule has 0 N–H and O–H groups in total. The van der Waals surface area contributed by atoms with Crippen LogP contribution in [0.5, 0.6) is 0 Å². The Labute approximate surface area is 153 Å². The molecule has 2 aromatic carbocycles. The van der Waals surface area contributed by atoms with Gasteiger partial charge in [-0.3, -0.25) is 4.79 Å². The maximum absolute atomic E-state index is 12.1. The van der Waals surface area contributed by atoms with E-state index in [1.165, 1.54) is 10.7 Å². The summed E-state index contributed by atoms with van der Waals surface area (Å²) in [6.45, 7) is 0.0973. The molecule has 2 aromatic heterocycles. The van der Waals surface area contributed by atoms with Gasteiger partial charge < -0.3 is 4.52 Å². The molecular formula is C19H13ClN4O2. The summed E-state index contributed by atoms with van der Waals surface area (Å²) < 4.78 is 6.56. The molecule has 0 amide bonds. The maximum Gasteiger partial charge on any atom is 0.267 e. The molecular weight excluding hydrogens is 352 g/mol. The Kier molecular flexibility index (Phi) is 4.33. The van der Waals surface area contributed by atoms with E-state index in [1.807, 2.05) is 42.5 Å². The van der Waals surface area contributed by atoms with Crippen LogP contribution in [-0.4, -0.2) is 19.9 Å². The van der Waals surface area contributed by atoms with Crippen LogP contribution in [0.2, 0.25) is 5.02 Å². The van der Waals surface area contributed by atoms with Gasteiger partial charge in [0.25, 0.3) is 5.56 Å². The zero-order chi connectivity index (χ0) is 17.9. The van der Waals surface area contributed by atoms with Crippen LogP contribution in [0.15, 0.2) is 76.0 Å². The summed E-state index contributed by atoms with van der Waals surface area (Å²) in [5.41, 5.74) is 2.11. The van der Waals surface area contributed by atoms with Crippen LogP contribution in [-0.2, 0) is 6.54 Å². The number of aromatic nitrogens is 4. The van der Waals surface area contributed by atoms with Crippen molar-refractivity contribution in [2.75, 3.05) is 0 Å². The minimum atomic E-state index is -0.248. The van der Waals surface area contributed by atoms with Crippen molar-refractivity contribution >= 4 is 11.6 Å². The third-order valence-electron chi connectivity index (χ3n) is 3.79. The lowest BCUT2D eigenvalue weighted by atomic mass is 10.1. The minimum absolute atomic E-state index is 0.0973. The molecule has 4 aromatic rings. The zero-order valence-corrected chi connectivity index (χ0v) is 14.3. The van der Waals surface area contributed by atoms with Crippen LogP contribution in [0.4, 0.5) is 0 Å². The maximum atomic E-state index is 12.1. The Morgan fingerprint density at radius 2 is 1.69 bits per heavy atom. The van der Waals surface area contributed by atoms with Gasteiger partial charge in [-0.05, 0) is 18.2 Å². The van der Waals surface area contributed by atoms with E-state index in [0.29, 0.717) is 22.4 Å². The van der Waals surface area contributed by atoms with Crippen LogP contribution < -0.4 is 5.56 Å². The second kappa shape index (κ2) is 6.93. The first kappa shape index (κ1) is 16.2. The van der Waals surface area contributed by atoms with E-state index < -0.39 is 0 Å². The summed E-state index contributed by atoms with van der Waals surface area (Å²) in [5.74, 6) is 0.786. The Morgan fingerprint density at radius 1 is 0.923 bits per heavy atom. The molecule has 0 unspecified atom stereocenters. The monoisotopic (exact) mass is 364 g/mol. The molecule has 6 nitrogen and oxygen atoms in total. The highest BCUT2D eigenvalue weighted by Crippen LogP contribution is 2.19. The predicted molar refractivity (Wildman–Crippen MR) is 97.8 cm³/mol. The molecule has 0 aliphatic rings. The summed E-state index contributed by atoms with van der Waals surface area (Å²) in [5, 5.41) is 8.98. The molecule has 0 aliphatic heterocycles. The third-order valence-corrected chi connectivity index (χ3v) is 4.04. The Hall–Kier alpha value is -3.25. The SMILES string of the molecule is O=c1ccc(-c2ccc(Cl)cc2)nn1Cc1nc(-c2ccccc2)no1. The van der Waals surface area contributed by atoms with Crippen LogP contribution >= 0.6 is 11.6 Å². The number of benzene rings is 2. The first-order valence-corrected chi connectivity index (χ1v) is 8.29. The van der Waals surface area contributed by atoms with Gasteiger partial charge in [0, 0.05) is 22.2 Å². The lowest BCUT2D eigenvalue weighted by Gasteiger charge is -2.05. The second-order valence-corrected chi connectivity index (χ2v) is 6.04. The summed E-state index contributed by atoms with van der Waals surface area (Å²) in [4.78, 5) is 16.5.